The van der Waals surface area contributed by atoms with Crippen molar-refractivity contribution in [1.29, 1.82) is 0 Å². The SMILES string of the molecule is CC[C@H]1OC(=O)[C@H](C)C(=O)[C@H](C)[C@H](O[C@@H]2O[C@H](C)C[C@H](N(C)C)[C@H]2O)[C@@](C)(OC)C[C@@H](C)C(=O)NC(C)[C@H]2N(NCCCc3nc(-c4ccc(Cl)cc4)no3)C(=O)O[C@]12C. The molecule has 2 amide bonds. The summed E-state index contributed by atoms with van der Waals surface area (Å²) in [5, 5.41) is 20.5. The second-order valence-corrected chi connectivity index (χ2v) is 17.6. The zero-order chi connectivity index (χ0) is 44.3. The van der Waals surface area contributed by atoms with Crippen molar-refractivity contribution in [2.24, 2.45) is 17.8 Å². The van der Waals surface area contributed by atoms with Crippen molar-refractivity contribution >= 4 is 35.4 Å². The van der Waals surface area contributed by atoms with Crippen LogP contribution < -0.4 is 10.7 Å². The van der Waals surface area contributed by atoms with E-state index >= 15 is 0 Å². The fourth-order valence-corrected chi connectivity index (χ4v) is 9.00. The van der Waals surface area contributed by atoms with Gasteiger partial charge in [0.2, 0.25) is 17.6 Å². The number of hydrogen-bond donors (Lipinski definition) is 3. The van der Waals surface area contributed by atoms with E-state index in [9.17, 15) is 24.3 Å². The number of methoxy groups -OCH3 is 1. The summed E-state index contributed by atoms with van der Waals surface area (Å²) in [6.45, 7) is 13.9. The summed E-state index contributed by atoms with van der Waals surface area (Å²) in [7, 11) is 5.19. The summed E-state index contributed by atoms with van der Waals surface area (Å²) in [5.41, 5.74) is 1.15. The summed E-state index contributed by atoms with van der Waals surface area (Å²) >= 11 is 6.01. The van der Waals surface area contributed by atoms with Crippen LogP contribution in [0, 0.1) is 17.8 Å². The number of aliphatic hydroxyl groups excluding tert-OH is 1. The lowest BCUT2D eigenvalue weighted by Gasteiger charge is -2.46. The van der Waals surface area contributed by atoms with Gasteiger partial charge in [0.1, 0.15) is 24.2 Å². The maximum absolute atomic E-state index is 14.4. The number of esters is 1. The fraction of sp³-hybridized carbons (Fsp3) is 0.714. The largest absolute Gasteiger partial charge is 0.457 e. The third kappa shape index (κ3) is 10.1. The maximum atomic E-state index is 14.4. The smallest absolute Gasteiger partial charge is 0.425 e. The number of Topliss-reactive ketones (excluding diaryl/α,β-unsaturated/α-hetero) is 1. The summed E-state index contributed by atoms with van der Waals surface area (Å²) in [4.78, 5) is 62.6. The molecule has 334 valence electrons. The second kappa shape index (κ2) is 19.6. The topological polar surface area (TPSA) is 204 Å². The molecule has 4 heterocycles. The second-order valence-electron chi connectivity index (χ2n) is 17.2. The normalized spacial score (nSPS) is 36.0. The predicted molar refractivity (Wildman–Crippen MR) is 219 cm³/mol. The van der Waals surface area contributed by atoms with Gasteiger partial charge in [-0.15, -0.1) is 0 Å². The van der Waals surface area contributed by atoms with Crippen LogP contribution in [0.4, 0.5) is 4.79 Å². The van der Waals surface area contributed by atoms with E-state index in [1.54, 1.807) is 65.8 Å². The Morgan fingerprint density at radius 1 is 1.08 bits per heavy atom. The number of ether oxygens (including phenoxy) is 5. The molecule has 3 aliphatic heterocycles. The summed E-state index contributed by atoms with van der Waals surface area (Å²) in [5.74, 6) is -3.82. The first-order valence-corrected chi connectivity index (χ1v) is 21.2. The standard InChI is InChI=1S/C42H63ClN6O11/c1-12-30-42(8)34(49(40(54)59-42)44-19-13-14-31-46-36(47-60-31)27-15-17-28(43)18-16-27)26(6)45-37(52)22(2)21-41(7,55-11)35(24(4)32(50)25(5)38(53)57-30)58-39-33(51)29(48(9)10)20-23(3)56-39/h15-18,22-26,29-30,33-35,39,44,51H,12-14,19-21H2,1-11H3,(H,45,52)/t22-,23-,24+,25-,26?,29+,30-,33-,34-,35+,39+,41+,42-/m1/s1. The minimum absolute atomic E-state index is 0.0744. The molecule has 3 N–H and O–H groups in total. The van der Waals surface area contributed by atoms with Crippen molar-refractivity contribution in [1.82, 2.24) is 30.8 Å². The Morgan fingerprint density at radius 2 is 1.77 bits per heavy atom. The molecule has 0 saturated carbocycles. The number of carbonyl (C=O) groups excluding carboxylic acids is 4. The Hall–Kier alpha value is -3.71. The third-order valence-electron chi connectivity index (χ3n) is 12.4. The van der Waals surface area contributed by atoms with Gasteiger partial charge in [-0.1, -0.05) is 37.5 Å². The van der Waals surface area contributed by atoms with Gasteiger partial charge in [0.05, 0.1) is 23.9 Å². The molecule has 2 aromatic rings. The lowest BCUT2D eigenvalue weighted by molar-refractivity contribution is -0.295. The number of ketones is 1. The lowest BCUT2D eigenvalue weighted by Crippen LogP contribution is -2.63. The van der Waals surface area contributed by atoms with Crippen molar-refractivity contribution in [2.75, 3.05) is 27.7 Å². The molecule has 18 heteroatoms. The number of aliphatic hydroxyl groups is 1. The maximum Gasteiger partial charge on any atom is 0.425 e. The average Bonchev–Trinajstić information content (AvgIpc) is 3.78. The van der Waals surface area contributed by atoms with Gasteiger partial charge in [0.15, 0.2) is 17.7 Å². The minimum atomic E-state index is -1.47. The Labute approximate surface area is 357 Å². The molecular weight excluding hydrogens is 800 g/mol. The van der Waals surface area contributed by atoms with Crippen LogP contribution in [0.5, 0.6) is 0 Å². The van der Waals surface area contributed by atoms with Crippen LogP contribution in [-0.2, 0) is 44.5 Å². The molecule has 1 unspecified atom stereocenters. The van der Waals surface area contributed by atoms with Crippen molar-refractivity contribution in [3.8, 4) is 11.4 Å². The van der Waals surface area contributed by atoms with E-state index in [0.29, 0.717) is 36.0 Å². The molecule has 0 bridgehead atoms. The van der Waals surface area contributed by atoms with Crippen molar-refractivity contribution < 1.29 is 52.5 Å². The summed E-state index contributed by atoms with van der Waals surface area (Å²) in [6, 6.07) is 5.16. The third-order valence-corrected chi connectivity index (χ3v) is 12.6. The van der Waals surface area contributed by atoms with E-state index in [1.165, 1.54) is 19.0 Å². The zero-order valence-corrected chi connectivity index (χ0v) is 37.4. The molecule has 3 fully saturated rings. The van der Waals surface area contributed by atoms with Crippen LogP contribution in [0.25, 0.3) is 11.4 Å². The molecule has 1 aromatic heterocycles. The van der Waals surface area contributed by atoms with E-state index < -0.39 is 83.5 Å². The highest BCUT2D eigenvalue weighted by molar-refractivity contribution is 6.30. The summed E-state index contributed by atoms with van der Waals surface area (Å²) < 4.78 is 36.4. The molecule has 3 aliphatic rings. The van der Waals surface area contributed by atoms with Gasteiger partial charge in [-0.05, 0) is 98.7 Å². The molecule has 0 radical (unpaired) electrons. The van der Waals surface area contributed by atoms with Gasteiger partial charge in [-0.25, -0.2) is 15.2 Å². The number of aromatic nitrogens is 2. The molecular formula is C42H63ClN6O11. The van der Waals surface area contributed by atoms with Crippen LogP contribution >= 0.6 is 11.6 Å². The van der Waals surface area contributed by atoms with E-state index in [1.807, 2.05) is 25.9 Å². The number of cyclic esters (lactones) is 1. The number of amides is 2. The van der Waals surface area contributed by atoms with Gasteiger partial charge in [0, 0.05) is 48.5 Å². The fourth-order valence-electron chi connectivity index (χ4n) is 8.88. The molecule has 0 spiro atoms. The number of hydrogen-bond acceptors (Lipinski definition) is 15. The quantitative estimate of drug-likeness (QED) is 0.164. The van der Waals surface area contributed by atoms with Crippen molar-refractivity contribution in [3.63, 3.8) is 0 Å². The van der Waals surface area contributed by atoms with Crippen LogP contribution in [0.1, 0.15) is 87.0 Å². The lowest BCUT2D eigenvalue weighted by atomic mass is 9.78. The number of nitrogens with one attached hydrogen (secondary N) is 2. The van der Waals surface area contributed by atoms with Crippen molar-refractivity contribution in [3.05, 3.63) is 35.2 Å². The molecule has 0 aliphatic carbocycles. The average molecular weight is 863 g/mol. The van der Waals surface area contributed by atoms with Gasteiger partial charge in [-0.3, -0.25) is 14.4 Å². The molecule has 1 aromatic carbocycles. The van der Waals surface area contributed by atoms with Gasteiger partial charge in [-0.2, -0.15) is 4.98 Å². The van der Waals surface area contributed by atoms with E-state index in [2.05, 4.69) is 20.9 Å². The predicted octanol–water partition coefficient (Wildman–Crippen LogP) is 4.33. The number of fused-ring (bicyclic) bond motifs is 1. The van der Waals surface area contributed by atoms with E-state index in [-0.39, 0.29) is 37.4 Å². The van der Waals surface area contributed by atoms with Crippen molar-refractivity contribution in [2.45, 2.75) is 148 Å². The monoisotopic (exact) mass is 862 g/mol. The van der Waals surface area contributed by atoms with Crippen LogP contribution in [0.2, 0.25) is 5.02 Å². The minimum Gasteiger partial charge on any atom is -0.457 e. The van der Waals surface area contributed by atoms with Crippen LogP contribution in [-0.4, -0.2) is 137 Å². The van der Waals surface area contributed by atoms with E-state index in [0.717, 1.165) is 5.56 Å². The summed E-state index contributed by atoms with van der Waals surface area (Å²) in [6.07, 6.45) is -3.58. The Bertz CT molecular complexity index is 1820. The van der Waals surface area contributed by atoms with Gasteiger partial charge < -0.3 is 43.5 Å². The number of rotatable bonds is 11. The Balaban J connectivity index is 1.40. The zero-order valence-electron chi connectivity index (χ0n) is 36.6. The first kappa shape index (κ1) is 47.3. The first-order valence-electron chi connectivity index (χ1n) is 20.8. The van der Waals surface area contributed by atoms with Crippen LogP contribution in [0.3, 0.4) is 0 Å². The number of halogens is 1. The Morgan fingerprint density at radius 3 is 2.40 bits per heavy atom. The number of nitrogens with zero attached hydrogens (tertiary/aromatic N) is 4. The number of carbonyl (C=O) groups is 4. The highest BCUT2D eigenvalue weighted by Gasteiger charge is 2.59. The van der Waals surface area contributed by atoms with E-state index in [4.69, 9.17) is 39.8 Å². The Kier molecular flexibility index (Phi) is 15.4. The number of aryl methyl sites for hydroxylation is 1. The number of hydrazine groups is 1. The number of likely N-dealkylation sites (N-methyl/N-ethyl adjacent to an activating group) is 1. The molecule has 13 atom stereocenters. The molecule has 60 heavy (non-hydrogen) atoms. The highest BCUT2D eigenvalue weighted by atomic mass is 35.5. The van der Waals surface area contributed by atoms with Gasteiger partial charge in [0.25, 0.3) is 0 Å². The number of benzene rings is 1. The van der Waals surface area contributed by atoms with Crippen LogP contribution in [0.15, 0.2) is 28.8 Å². The first-order chi connectivity index (χ1) is 28.2. The molecule has 17 nitrogen and oxygen atoms in total. The molecule has 3 saturated heterocycles. The van der Waals surface area contributed by atoms with Gasteiger partial charge >= 0.3 is 12.1 Å². The molecule has 5 rings (SSSR count). The highest BCUT2D eigenvalue weighted by Crippen LogP contribution is 2.39.